The third-order valence-electron chi connectivity index (χ3n) is 7.46. The highest BCUT2D eigenvalue weighted by atomic mass is 19.3. The lowest BCUT2D eigenvalue weighted by atomic mass is 9.91. The van der Waals surface area contributed by atoms with Crippen LogP contribution in [0.3, 0.4) is 0 Å². The number of rotatable bonds is 9. The van der Waals surface area contributed by atoms with Gasteiger partial charge in [0.2, 0.25) is 0 Å². The van der Waals surface area contributed by atoms with Crippen LogP contribution in [0.4, 0.5) is 18.9 Å². The molecule has 0 aliphatic carbocycles. The number of carbonyl (C=O) groups is 1. The Hall–Kier alpha value is -4.13. The smallest absolute Gasteiger partial charge is 0.256 e. The summed E-state index contributed by atoms with van der Waals surface area (Å²) >= 11 is 0. The largest absolute Gasteiger partial charge is 0.339 e. The first-order valence-corrected chi connectivity index (χ1v) is 13.8. The number of allylic oxidation sites excluding steroid dienone is 2. The van der Waals surface area contributed by atoms with Crippen molar-refractivity contribution in [3.05, 3.63) is 125 Å². The molecule has 1 amide bonds. The molecule has 0 radical (unpaired) electrons. The van der Waals surface area contributed by atoms with Gasteiger partial charge in [-0.05, 0) is 75.1 Å². The molecule has 1 aliphatic heterocycles. The minimum atomic E-state index is -2.50. The van der Waals surface area contributed by atoms with Gasteiger partial charge in [0.25, 0.3) is 12.3 Å². The number of hydrogen-bond acceptors (Lipinski definition) is 3. The van der Waals surface area contributed by atoms with Crippen LogP contribution < -0.4 is 4.90 Å². The van der Waals surface area contributed by atoms with Crippen molar-refractivity contribution in [2.24, 2.45) is 10.9 Å². The zero-order valence-corrected chi connectivity index (χ0v) is 23.8. The van der Waals surface area contributed by atoms with Crippen molar-refractivity contribution in [3.8, 4) is 0 Å². The summed E-state index contributed by atoms with van der Waals surface area (Å²) in [5.41, 5.74) is 6.30. The topological polar surface area (TPSA) is 35.9 Å². The quantitative estimate of drug-likeness (QED) is 0.250. The van der Waals surface area contributed by atoms with Crippen LogP contribution in [0.15, 0.2) is 96.3 Å². The fourth-order valence-corrected chi connectivity index (χ4v) is 5.36. The molecule has 0 N–H and O–H groups in total. The molecule has 3 aromatic rings. The van der Waals surface area contributed by atoms with Gasteiger partial charge in [-0.25, -0.2) is 13.2 Å². The Balaban J connectivity index is 1.48. The summed E-state index contributed by atoms with van der Waals surface area (Å²) in [6.45, 7) is 14.3. The highest BCUT2D eigenvalue weighted by Gasteiger charge is 2.29. The number of halogens is 3. The van der Waals surface area contributed by atoms with Crippen molar-refractivity contribution in [1.82, 2.24) is 4.90 Å². The van der Waals surface area contributed by atoms with E-state index in [4.69, 9.17) is 0 Å². The Labute approximate surface area is 240 Å². The second kappa shape index (κ2) is 13.0. The van der Waals surface area contributed by atoms with Gasteiger partial charge in [-0.2, -0.15) is 0 Å². The summed E-state index contributed by atoms with van der Waals surface area (Å²) in [6, 6.07) is 19.2. The number of anilines is 1. The summed E-state index contributed by atoms with van der Waals surface area (Å²) in [7, 11) is 0. The standard InChI is InChI=1S/C34H36F3N3O/c1-22(2)38-33(27-10-8-11-29(35)20-27)30-14-13-28(19-24(30)4)34(41)39-17-15-26(16-18-39)25(5)40(21-32(36)37)31-12-7-6-9-23(31)3/h6-14,19-20,26,32H,1,5,15-18,21H2,2-4H3. The number of likely N-dealkylation sites (tertiary alicyclic amines) is 1. The molecule has 0 saturated carbocycles. The van der Waals surface area contributed by atoms with Gasteiger partial charge in [-0.1, -0.05) is 49.6 Å². The Morgan fingerprint density at radius 1 is 0.976 bits per heavy atom. The molecule has 4 nitrogen and oxygen atoms in total. The summed E-state index contributed by atoms with van der Waals surface area (Å²) in [5, 5.41) is 0. The van der Waals surface area contributed by atoms with Gasteiger partial charge in [0.1, 0.15) is 5.82 Å². The molecule has 1 fully saturated rings. The molecule has 0 spiro atoms. The van der Waals surface area contributed by atoms with Gasteiger partial charge in [0, 0.05) is 52.8 Å². The van der Waals surface area contributed by atoms with Gasteiger partial charge >= 0.3 is 0 Å². The minimum Gasteiger partial charge on any atom is -0.339 e. The van der Waals surface area contributed by atoms with Gasteiger partial charge < -0.3 is 9.80 Å². The summed E-state index contributed by atoms with van der Waals surface area (Å²) in [4.78, 5) is 21.5. The normalized spacial score (nSPS) is 14.3. The summed E-state index contributed by atoms with van der Waals surface area (Å²) in [5.74, 6) is -0.450. The minimum absolute atomic E-state index is 0.00583. The first-order chi connectivity index (χ1) is 19.5. The Morgan fingerprint density at radius 3 is 2.29 bits per heavy atom. The van der Waals surface area contributed by atoms with E-state index < -0.39 is 13.0 Å². The van der Waals surface area contributed by atoms with Crippen molar-refractivity contribution in [2.45, 2.75) is 40.0 Å². The Bertz CT molecular complexity index is 1470. The third kappa shape index (κ3) is 7.15. The van der Waals surface area contributed by atoms with Crippen LogP contribution in [0.1, 0.15) is 52.4 Å². The SMILES string of the molecule is C=C(C)N=C(c1cccc(F)c1)c1ccc(C(=O)N2CCC(C(=C)N(CC(F)F)c3ccccc3C)CC2)cc1C. The van der Waals surface area contributed by atoms with Gasteiger partial charge in [0.05, 0.1) is 12.3 Å². The average Bonchev–Trinajstić information content (AvgIpc) is 2.94. The van der Waals surface area contributed by atoms with E-state index in [1.807, 2.05) is 50.2 Å². The van der Waals surface area contributed by atoms with Crippen molar-refractivity contribution in [2.75, 3.05) is 24.5 Å². The number of para-hydroxylation sites is 1. The average molecular weight is 560 g/mol. The van der Waals surface area contributed by atoms with E-state index in [1.165, 1.54) is 12.1 Å². The maximum Gasteiger partial charge on any atom is 0.256 e. The van der Waals surface area contributed by atoms with E-state index in [0.717, 1.165) is 22.4 Å². The van der Waals surface area contributed by atoms with Crippen LogP contribution in [-0.2, 0) is 0 Å². The number of aliphatic imine (C=N–C) groups is 1. The first-order valence-electron chi connectivity index (χ1n) is 13.8. The predicted molar refractivity (Wildman–Crippen MR) is 160 cm³/mol. The Kier molecular flexibility index (Phi) is 9.48. The number of hydrogen-bond donors (Lipinski definition) is 0. The van der Waals surface area contributed by atoms with Crippen molar-refractivity contribution >= 4 is 17.3 Å². The molecule has 7 heteroatoms. The highest BCUT2D eigenvalue weighted by molar-refractivity contribution is 6.14. The fraction of sp³-hybridized carbons (Fsp3) is 0.294. The van der Waals surface area contributed by atoms with Gasteiger partial charge in [0.15, 0.2) is 0 Å². The van der Waals surface area contributed by atoms with E-state index in [1.54, 1.807) is 34.9 Å². The maximum atomic E-state index is 14.0. The molecule has 1 aliphatic rings. The lowest BCUT2D eigenvalue weighted by Crippen LogP contribution is -2.41. The van der Waals surface area contributed by atoms with Crippen LogP contribution >= 0.6 is 0 Å². The lowest BCUT2D eigenvalue weighted by Gasteiger charge is -2.38. The Morgan fingerprint density at radius 2 is 1.68 bits per heavy atom. The number of piperidine rings is 1. The molecule has 0 unspecified atom stereocenters. The fourth-order valence-electron chi connectivity index (χ4n) is 5.36. The number of alkyl halides is 2. The van der Waals surface area contributed by atoms with Crippen LogP contribution in [0, 0.1) is 25.6 Å². The highest BCUT2D eigenvalue weighted by Crippen LogP contribution is 2.32. The zero-order valence-electron chi connectivity index (χ0n) is 23.8. The first kappa shape index (κ1) is 29.8. The molecule has 0 atom stereocenters. The lowest BCUT2D eigenvalue weighted by molar-refractivity contribution is 0.0701. The van der Waals surface area contributed by atoms with E-state index in [0.29, 0.717) is 54.2 Å². The molecular formula is C34H36F3N3O. The van der Waals surface area contributed by atoms with Crippen LogP contribution in [0.5, 0.6) is 0 Å². The monoisotopic (exact) mass is 559 g/mol. The van der Waals surface area contributed by atoms with Crippen molar-refractivity contribution in [3.63, 3.8) is 0 Å². The van der Waals surface area contributed by atoms with Crippen LogP contribution in [0.25, 0.3) is 0 Å². The second-order valence-corrected chi connectivity index (χ2v) is 10.6. The molecular weight excluding hydrogens is 523 g/mol. The molecule has 1 saturated heterocycles. The van der Waals surface area contributed by atoms with E-state index in [2.05, 4.69) is 18.2 Å². The second-order valence-electron chi connectivity index (χ2n) is 10.6. The number of nitrogens with zero attached hydrogens (tertiary/aromatic N) is 3. The maximum absolute atomic E-state index is 14.0. The number of aryl methyl sites for hydroxylation is 2. The summed E-state index contributed by atoms with van der Waals surface area (Å²) in [6.07, 6.45) is -1.22. The number of benzene rings is 3. The molecule has 41 heavy (non-hydrogen) atoms. The third-order valence-corrected chi connectivity index (χ3v) is 7.46. The number of carbonyl (C=O) groups excluding carboxylic acids is 1. The molecule has 214 valence electrons. The molecule has 0 bridgehead atoms. The van der Waals surface area contributed by atoms with Crippen LogP contribution in [-0.4, -0.2) is 42.6 Å². The zero-order chi connectivity index (χ0) is 29.7. The van der Waals surface area contributed by atoms with E-state index in [9.17, 15) is 18.0 Å². The molecule has 1 heterocycles. The van der Waals surface area contributed by atoms with Crippen molar-refractivity contribution in [1.29, 1.82) is 0 Å². The molecule has 0 aromatic heterocycles. The van der Waals surface area contributed by atoms with E-state index >= 15 is 0 Å². The van der Waals surface area contributed by atoms with Gasteiger partial charge in [-0.15, -0.1) is 0 Å². The van der Waals surface area contributed by atoms with Crippen molar-refractivity contribution < 1.29 is 18.0 Å². The number of amides is 1. The van der Waals surface area contributed by atoms with E-state index in [-0.39, 0.29) is 17.6 Å². The van der Waals surface area contributed by atoms with Gasteiger partial charge in [-0.3, -0.25) is 9.79 Å². The molecule has 4 rings (SSSR count). The van der Waals surface area contributed by atoms with Crippen LogP contribution in [0.2, 0.25) is 0 Å². The summed E-state index contributed by atoms with van der Waals surface area (Å²) < 4.78 is 41.0. The predicted octanol–water partition coefficient (Wildman–Crippen LogP) is 7.95. The molecule has 3 aromatic carbocycles.